The first kappa shape index (κ1) is 19.0. The summed E-state index contributed by atoms with van der Waals surface area (Å²) in [6, 6.07) is 20.0. The van der Waals surface area contributed by atoms with Crippen LogP contribution < -0.4 is 11.1 Å². The summed E-state index contributed by atoms with van der Waals surface area (Å²) in [5.41, 5.74) is 11.3. The maximum absolute atomic E-state index is 11.3. The first-order valence-electron chi connectivity index (χ1n) is 9.19. The van der Waals surface area contributed by atoms with Crippen LogP contribution in [-0.2, 0) is 19.4 Å². The average molecular weight is 411 g/mol. The number of hydrogen-bond donors (Lipinski definition) is 2. The number of nitrogens with two attached hydrogens (primary N) is 1. The molecular formula is C23H20Cl2N2O. The van der Waals surface area contributed by atoms with Crippen molar-refractivity contribution >= 4 is 29.1 Å². The number of fused-ring (bicyclic) bond motifs is 1. The van der Waals surface area contributed by atoms with E-state index in [0.29, 0.717) is 21.7 Å². The SMILES string of the molecule is NC(=O)c1ccc(-c2ccc(CNC3Cc4ccccc4C3)cc2Cl)c(Cl)c1. The van der Waals surface area contributed by atoms with Crippen LogP contribution in [0.2, 0.25) is 10.0 Å². The van der Waals surface area contributed by atoms with Crippen LogP contribution in [0.1, 0.15) is 27.0 Å². The molecule has 0 aromatic heterocycles. The highest BCUT2D eigenvalue weighted by Crippen LogP contribution is 2.34. The second-order valence-corrected chi connectivity index (χ2v) is 7.94. The topological polar surface area (TPSA) is 55.1 Å². The van der Waals surface area contributed by atoms with Gasteiger partial charge in [0.2, 0.25) is 5.91 Å². The smallest absolute Gasteiger partial charge is 0.248 e. The third-order valence-electron chi connectivity index (χ3n) is 5.22. The molecule has 0 unspecified atom stereocenters. The van der Waals surface area contributed by atoms with E-state index in [2.05, 4.69) is 35.6 Å². The number of benzene rings is 3. The maximum atomic E-state index is 11.3. The molecule has 1 aliphatic carbocycles. The second kappa shape index (κ2) is 7.96. The Labute approximate surface area is 174 Å². The van der Waals surface area contributed by atoms with Gasteiger partial charge in [0.25, 0.3) is 0 Å². The van der Waals surface area contributed by atoms with Crippen LogP contribution in [0.25, 0.3) is 11.1 Å². The summed E-state index contributed by atoms with van der Waals surface area (Å²) < 4.78 is 0. The molecule has 0 heterocycles. The first-order chi connectivity index (χ1) is 13.5. The minimum atomic E-state index is -0.505. The molecule has 3 aromatic carbocycles. The molecule has 142 valence electrons. The van der Waals surface area contributed by atoms with Crippen molar-refractivity contribution in [3.63, 3.8) is 0 Å². The Hall–Kier alpha value is -2.33. The van der Waals surface area contributed by atoms with Crippen LogP contribution in [0.5, 0.6) is 0 Å². The molecule has 0 saturated carbocycles. The number of primary amides is 1. The Morgan fingerprint density at radius 2 is 1.54 bits per heavy atom. The molecule has 3 aromatic rings. The Kier molecular flexibility index (Phi) is 5.40. The zero-order valence-electron chi connectivity index (χ0n) is 15.2. The first-order valence-corrected chi connectivity index (χ1v) is 9.95. The van der Waals surface area contributed by atoms with Crippen LogP contribution in [0.15, 0.2) is 60.7 Å². The molecule has 0 radical (unpaired) electrons. The predicted octanol–water partition coefficient (Wildman–Crippen LogP) is 5.02. The lowest BCUT2D eigenvalue weighted by Gasteiger charge is -2.14. The van der Waals surface area contributed by atoms with Crippen molar-refractivity contribution in [1.82, 2.24) is 5.32 Å². The number of rotatable bonds is 5. The van der Waals surface area contributed by atoms with Crippen molar-refractivity contribution in [2.45, 2.75) is 25.4 Å². The second-order valence-electron chi connectivity index (χ2n) is 7.13. The van der Waals surface area contributed by atoms with Crippen LogP contribution in [-0.4, -0.2) is 11.9 Å². The van der Waals surface area contributed by atoms with Crippen molar-refractivity contribution < 1.29 is 4.79 Å². The molecule has 0 fully saturated rings. The molecule has 28 heavy (non-hydrogen) atoms. The maximum Gasteiger partial charge on any atom is 0.248 e. The van der Waals surface area contributed by atoms with Gasteiger partial charge in [-0.2, -0.15) is 0 Å². The summed E-state index contributed by atoms with van der Waals surface area (Å²) in [7, 11) is 0. The van der Waals surface area contributed by atoms with Gasteiger partial charge in [-0.1, -0.05) is 65.7 Å². The highest BCUT2D eigenvalue weighted by Gasteiger charge is 2.20. The number of carbonyl (C=O) groups is 1. The number of amides is 1. The molecule has 3 N–H and O–H groups in total. The van der Waals surface area contributed by atoms with E-state index in [-0.39, 0.29) is 0 Å². The van der Waals surface area contributed by atoms with Gasteiger partial charge in [0.05, 0.1) is 0 Å². The lowest BCUT2D eigenvalue weighted by Crippen LogP contribution is -2.28. The lowest BCUT2D eigenvalue weighted by molar-refractivity contribution is 0.100. The molecule has 1 aliphatic rings. The summed E-state index contributed by atoms with van der Waals surface area (Å²) in [5, 5.41) is 4.71. The summed E-state index contributed by atoms with van der Waals surface area (Å²) in [4.78, 5) is 11.3. The molecule has 0 aliphatic heterocycles. The fraction of sp³-hybridized carbons (Fsp3) is 0.174. The summed E-state index contributed by atoms with van der Waals surface area (Å²) in [6.07, 6.45) is 2.12. The average Bonchev–Trinajstić information content (AvgIpc) is 3.10. The van der Waals surface area contributed by atoms with E-state index in [9.17, 15) is 4.79 Å². The monoisotopic (exact) mass is 410 g/mol. The zero-order chi connectivity index (χ0) is 19.7. The highest BCUT2D eigenvalue weighted by atomic mass is 35.5. The van der Waals surface area contributed by atoms with E-state index in [1.807, 2.05) is 12.1 Å². The van der Waals surface area contributed by atoms with Gasteiger partial charge in [-0.15, -0.1) is 0 Å². The van der Waals surface area contributed by atoms with Crippen molar-refractivity contribution in [3.8, 4) is 11.1 Å². The summed E-state index contributed by atoms with van der Waals surface area (Å²) >= 11 is 12.9. The van der Waals surface area contributed by atoms with E-state index < -0.39 is 5.91 Å². The molecule has 5 heteroatoms. The van der Waals surface area contributed by atoms with Gasteiger partial charge >= 0.3 is 0 Å². The van der Waals surface area contributed by atoms with Gasteiger partial charge in [-0.3, -0.25) is 4.79 Å². The van der Waals surface area contributed by atoms with Crippen LogP contribution in [0.3, 0.4) is 0 Å². The van der Waals surface area contributed by atoms with E-state index in [1.165, 1.54) is 11.1 Å². The van der Waals surface area contributed by atoms with Gasteiger partial charge in [0, 0.05) is 39.3 Å². The summed E-state index contributed by atoms with van der Waals surface area (Å²) in [5.74, 6) is -0.505. The minimum Gasteiger partial charge on any atom is -0.366 e. The molecule has 1 amide bonds. The van der Waals surface area contributed by atoms with E-state index >= 15 is 0 Å². The predicted molar refractivity (Wildman–Crippen MR) is 115 cm³/mol. The number of halogens is 2. The number of nitrogens with one attached hydrogen (secondary N) is 1. The van der Waals surface area contributed by atoms with Crippen molar-refractivity contribution in [1.29, 1.82) is 0 Å². The molecule has 0 saturated heterocycles. The van der Waals surface area contributed by atoms with Gasteiger partial charge in [-0.25, -0.2) is 0 Å². The van der Waals surface area contributed by atoms with Gasteiger partial charge in [-0.05, 0) is 47.7 Å². The van der Waals surface area contributed by atoms with Crippen LogP contribution in [0.4, 0.5) is 0 Å². The largest absolute Gasteiger partial charge is 0.366 e. The number of hydrogen-bond acceptors (Lipinski definition) is 2. The van der Waals surface area contributed by atoms with Crippen molar-refractivity contribution in [2.75, 3.05) is 0 Å². The fourth-order valence-corrected chi connectivity index (χ4v) is 4.33. The zero-order valence-corrected chi connectivity index (χ0v) is 16.7. The highest BCUT2D eigenvalue weighted by molar-refractivity contribution is 6.36. The van der Waals surface area contributed by atoms with E-state index in [0.717, 1.165) is 36.1 Å². The Balaban J connectivity index is 1.46. The van der Waals surface area contributed by atoms with E-state index in [4.69, 9.17) is 28.9 Å². The fourth-order valence-electron chi connectivity index (χ4n) is 3.74. The van der Waals surface area contributed by atoms with Gasteiger partial charge in [0.15, 0.2) is 0 Å². The molecule has 0 spiro atoms. The van der Waals surface area contributed by atoms with Crippen molar-refractivity contribution in [2.24, 2.45) is 5.73 Å². The van der Waals surface area contributed by atoms with Crippen LogP contribution >= 0.6 is 23.2 Å². The third-order valence-corrected chi connectivity index (χ3v) is 5.85. The lowest BCUT2D eigenvalue weighted by atomic mass is 10.0. The van der Waals surface area contributed by atoms with Crippen LogP contribution in [0, 0.1) is 0 Å². The molecule has 4 rings (SSSR count). The third kappa shape index (κ3) is 3.93. The van der Waals surface area contributed by atoms with Gasteiger partial charge < -0.3 is 11.1 Å². The molecular weight excluding hydrogens is 391 g/mol. The normalized spacial score (nSPS) is 13.5. The Morgan fingerprint density at radius 1 is 0.929 bits per heavy atom. The van der Waals surface area contributed by atoms with Gasteiger partial charge in [0.1, 0.15) is 0 Å². The van der Waals surface area contributed by atoms with Crippen molar-refractivity contribution in [3.05, 3.63) is 93.0 Å². The molecule has 3 nitrogen and oxygen atoms in total. The Morgan fingerprint density at radius 3 is 2.11 bits per heavy atom. The number of carbonyl (C=O) groups excluding carboxylic acids is 1. The standard InChI is InChI=1S/C23H20Cl2N2O/c24-21-9-14(13-27-18-10-15-3-1-2-4-16(15)11-18)5-7-19(21)20-8-6-17(23(26)28)12-22(20)25/h1-9,12,18,27H,10-11,13H2,(H2,26,28). The minimum absolute atomic E-state index is 0.378. The molecule has 0 bridgehead atoms. The Bertz CT molecular complexity index is 1020. The summed E-state index contributed by atoms with van der Waals surface area (Å²) in [6.45, 7) is 0.757. The van der Waals surface area contributed by atoms with E-state index in [1.54, 1.807) is 18.2 Å². The quantitative estimate of drug-likeness (QED) is 0.620. The molecule has 0 atom stereocenters.